The van der Waals surface area contributed by atoms with Gasteiger partial charge in [-0.2, -0.15) is 0 Å². The second-order valence-corrected chi connectivity index (χ2v) is 8.42. The lowest BCUT2D eigenvalue weighted by Crippen LogP contribution is -2.20. The number of rotatable bonds is 6. The molecule has 1 aromatic heterocycles. The predicted octanol–water partition coefficient (Wildman–Crippen LogP) is 5.01. The van der Waals surface area contributed by atoms with Crippen molar-refractivity contribution in [2.24, 2.45) is 0 Å². The van der Waals surface area contributed by atoms with E-state index in [0.29, 0.717) is 6.04 Å². The van der Waals surface area contributed by atoms with Gasteiger partial charge in [0.1, 0.15) is 11.1 Å². The molecule has 28 heavy (non-hydrogen) atoms. The van der Waals surface area contributed by atoms with Gasteiger partial charge in [-0.1, -0.05) is 54.2 Å². The summed E-state index contributed by atoms with van der Waals surface area (Å²) < 4.78 is 2.17. The molecule has 1 heterocycles. The standard InChI is InChI=1S/C22H24N4OS/c1-14-9-10-15(2)19(13-14)23-21(27)20(17-7-5-4-6-8-17)28-22-25-24-16(3)26(22)18-11-12-18/h4-10,13,18,20H,11-12H2,1-3H3,(H,23,27)/t20-/m1/s1. The van der Waals surface area contributed by atoms with Gasteiger partial charge < -0.3 is 9.88 Å². The molecular weight excluding hydrogens is 368 g/mol. The molecule has 5 nitrogen and oxygen atoms in total. The quantitative estimate of drug-likeness (QED) is 0.599. The Kier molecular flexibility index (Phi) is 5.22. The highest BCUT2D eigenvalue weighted by atomic mass is 32.2. The molecule has 4 rings (SSSR count). The molecule has 1 saturated carbocycles. The van der Waals surface area contributed by atoms with E-state index in [4.69, 9.17) is 0 Å². The van der Waals surface area contributed by atoms with Crippen LogP contribution in [0.5, 0.6) is 0 Å². The summed E-state index contributed by atoms with van der Waals surface area (Å²) in [5.41, 5.74) is 3.98. The Hall–Kier alpha value is -2.60. The van der Waals surface area contributed by atoms with Crippen LogP contribution in [0.25, 0.3) is 0 Å². The van der Waals surface area contributed by atoms with Gasteiger partial charge in [-0.15, -0.1) is 10.2 Å². The third kappa shape index (κ3) is 3.97. The molecule has 2 aromatic carbocycles. The first kappa shape index (κ1) is 18.7. The number of carbonyl (C=O) groups is 1. The second-order valence-electron chi connectivity index (χ2n) is 7.35. The molecule has 1 amide bonds. The fourth-order valence-corrected chi connectivity index (χ4v) is 4.41. The molecular formula is C22H24N4OS. The van der Waals surface area contributed by atoms with Crippen molar-refractivity contribution in [2.45, 2.75) is 50.1 Å². The zero-order valence-corrected chi connectivity index (χ0v) is 17.2. The average molecular weight is 393 g/mol. The Morgan fingerprint density at radius 1 is 1.11 bits per heavy atom. The third-order valence-corrected chi connectivity index (χ3v) is 6.17. The number of hydrogen-bond donors (Lipinski definition) is 1. The monoisotopic (exact) mass is 392 g/mol. The molecule has 0 bridgehead atoms. The fourth-order valence-electron chi connectivity index (χ4n) is 3.26. The molecule has 1 aliphatic rings. The minimum atomic E-state index is -0.401. The van der Waals surface area contributed by atoms with Crippen LogP contribution in [0.15, 0.2) is 53.7 Å². The highest BCUT2D eigenvalue weighted by Crippen LogP contribution is 2.42. The van der Waals surface area contributed by atoms with Crippen LogP contribution in [0.3, 0.4) is 0 Å². The summed E-state index contributed by atoms with van der Waals surface area (Å²) in [4.78, 5) is 13.3. The zero-order valence-electron chi connectivity index (χ0n) is 16.3. The van der Waals surface area contributed by atoms with Crippen LogP contribution < -0.4 is 5.32 Å². The van der Waals surface area contributed by atoms with E-state index in [2.05, 4.69) is 26.1 Å². The van der Waals surface area contributed by atoms with Gasteiger partial charge in [0, 0.05) is 11.7 Å². The summed E-state index contributed by atoms with van der Waals surface area (Å²) in [5.74, 6) is 0.861. The van der Waals surface area contributed by atoms with Crippen molar-refractivity contribution in [2.75, 3.05) is 5.32 Å². The van der Waals surface area contributed by atoms with Crippen molar-refractivity contribution < 1.29 is 4.79 Å². The van der Waals surface area contributed by atoms with E-state index in [1.807, 2.05) is 63.2 Å². The maximum Gasteiger partial charge on any atom is 0.242 e. The number of benzene rings is 2. The Labute approximate surface area is 169 Å². The van der Waals surface area contributed by atoms with E-state index >= 15 is 0 Å². The summed E-state index contributed by atoms with van der Waals surface area (Å²) in [6.07, 6.45) is 2.30. The number of nitrogens with one attached hydrogen (secondary N) is 1. The van der Waals surface area contributed by atoms with E-state index in [1.54, 1.807) is 0 Å². The topological polar surface area (TPSA) is 59.8 Å². The first-order chi connectivity index (χ1) is 13.5. The number of nitrogens with zero attached hydrogens (tertiary/aromatic N) is 3. The number of amides is 1. The van der Waals surface area contributed by atoms with Crippen molar-refractivity contribution >= 4 is 23.4 Å². The van der Waals surface area contributed by atoms with Crippen LogP contribution in [0.2, 0.25) is 0 Å². The lowest BCUT2D eigenvalue weighted by molar-refractivity contribution is -0.115. The lowest BCUT2D eigenvalue weighted by Gasteiger charge is -2.18. The predicted molar refractivity (Wildman–Crippen MR) is 113 cm³/mol. The van der Waals surface area contributed by atoms with Crippen molar-refractivity contribution in [3.63, 3.8) is 0 Å². The molecule has 6 heteroatoms. The van der Waals surface area contributed by atoms with Gasteiger partial charge in [-0.05, 0) is 56.4 Å². The minimum Gasteiger partial charge on any atom is -0.325 e. The summed E-state index contributed by atoms with van der Waals surface area (Å²) in [5, 5.41) is 12.1. The summed E-state index contributed by atoms with van der Waals surface area (Å²) >= 11 is 1.47. The highest BCUT2D eigenvalue weighted by molar-refractivity contribution is 8.00. The van der Waals surface area contributed by atoms with E-state index in [9.17, 15) is 4.79 Å². The van der Waals surface area contributed by atoms with Gasteiger partial charge in [0.05, 0.1) is 0 Å². The van der Waals surface area contributed by atoms with Crippen molar-refractivity contribution in [3.8, 4) is 0 Å². The Bertz CT molecular complexity index is 995. The van der Waals surface area contributed by atoms with Crippen LogP contribution in [0.4, 0.5) is 5.69 Å². The molecule has 0 unspecified atom stereocenters. The average Bonchev–Trinajstić information content (AvgIpc) is 3.46. The summed E-state index contributed by atoms with van der Waals surface area (Å²) in [6.45, 7) is 6.01. The van der Waals surface area contributed by atoms with E-state index in [0.717, 1.165) is 46.2 Å². The first-order valence-electron chi connectivity index (χ1n) is 9.54. The molecule has 0 aliphatic heterocycles. The molecule has 0 spiro atoms. The molecule has 1 aliphatic carbocycles. The maximum atomic E-state index is 13.3. The van der Waals surface area contributed by atoms with Gasteiger partial charge in [0.2, 0.25) is 5.91 Å². The summed E-state index contributed by atoms with van der Waals surface area (Å²) in [6, 6.07) is 16.4. The fraction of sp³-hybridized carbons (Fsp3) is 0.318. The molecule has 3 aromatic rings. The molecule has 1 atom stereocenters. The molecule has 0 saturated heterocycles. The third-order valence-electron chi connectivity index (χ3n) is 4.96. The van der Waals surface area contributed by atoms with E-state index < -0.39 is 5.25 Å². The molecule has 0 radical (unpaired) electrons. The van der Waals surface area contributed by atoms with Crippen LogP contribution in [0, 0.1) is 20.8 Å². The zero-order chi connectivity index (χ0) is 19.7. The van der Waals surface area contributed by atoms with Crippen molar-refractivity contribution in [1.82, 2.24) is 14.8 Å². The van der Waals surface area contributed by atoms with Gasteiger partial charge in [-0.25, -0.2) is 0 Å². The van der Waals surface area contributed by atoms with Crippen LogP contribution >= 0.6 is 11.8 Å². The highest BCUT2D eigenvalue weighted by Gasteiger charge is 2.31. The van der Waals surface area contributed by atoms with Gasteiger partial charge in [0.15, 0.2) is 5.16 Å². The number of carbonyl (C=O) groups excluding carboxylic acids is 1. The lowest BCUT2D eigenvalue weighted by atomic mass is 10.1. The second kappa shape index (κ2) is 7.80. The van der Waals surface area contributed by atoms with Crippen LogP contribution in [-0.2, 0) is 4.79 Å². The summed E-state index contributed by atoms with van der Waals surface area (Å²) in [7, 11) is 0. The molecule has 1 fully saturated rings. The Balaban J connectivity index is 1.64. The van der Waals surface area contributed by atoms with Crippen molar-refractivity contribution in [1.29, 1.82) is 0 Å². The number of aryl methyl sites for hydroxylation is 3. The Morgan fingerprint density at radius 3 is 2.57 bits per heavy atom. The van der Waals surface area contributed by atoms with E-state index in [1.165, 1.54) is 11.8 Å². The molecule has 144 valence electrons. The minimum absolute atomic E-state index is 0.0482. The van der Waals surface area contributed by atoms with Crippen LogP contribution in [0.1, 0.15) is 46.6 Å². The number of anilines is 1. The first-order valence-corrected chi connectivity index (χ1v) is 10.4. The van der Waals surface area contributed by atoms with Crippen molar-refractivity contribution in [3.05, 3.63) is 71.0 Å². The number of hydrogen-bond acceptors (Lipinski definition) is 4. The molecule has 1 N–H and O–H groups in total. The Morgan fingerprint density at radius 2 is 1.86 bits per heavy atom. The van der Waals surface area contributed by atoms with Gasteiger partial charge in [-0.3, -0.25) is 4.79 Å². The smallest absolute Gasteiger partial charge is 0.242 e. The van der Waals surface area contributed by atoms with Gasteiger partial charge in [0.25, 0.3) is 0 Å². The van der Waals surface area contributed by atoms with Crippen LogP contribution in [-0.4, -0.2) is 20.7 Å². The maximum absolute atomic E-state index is 13.3. The normalized spacial score (nSPS) is 14.7. The van der Waals surface area contributed by atoms with E-state index in [-0.39, 0.29) is 5.91 Å². The number of thioether (sulfide) groups is 1. The SMILES string of the molecule is Cc1ccc(C)c(NC(=O)[C@H](Sc2nnc(C)n2C2CC2)c2ccccc2)c1. The largest absolute Gasteiger partial charge is 0.325 e. The van der Waals surface area contributed by atoms with Gasteiger partial charge >= 0.3 is 0 Å². The number of aromatic nitrogens is 3.